The van der Waals surface area contributed by atoms with E-state index in [0.29, 0.717) is 11.1 Å². The lowest BCUT2D eigenvalue weighted by molar-refractivity contribution is -0.129. The molecule has 30 heavy (non-hydrogen) atoms. The third-order valence-electron chi connectivity index (χ3n) is 6.29. The lowest BCUT2D eigenvalue weighted by Crippen LogP contribution is -2.52. The number of benzene rings is 1. The number of nitrogens with zero attached hydrogens (tertiary/aromatic N) is 2. The predicted molar refractivity (Wildman–Crippen MR) is 110 cm³/mol. The number of fused-ring (bicyclic) bond motifs is 2. The van der Waals surface area contributed by atoms with Crippen LogP contribution in [0.5, 0.6) is 0 Å². The fourth-order valence-electron chi connectivity index (χ4n) is 4.73. The van der Waals surface area contributed by atoms with Crippen molar-refractivity contribution in [1.82, 2.24) is 10.2 Å². The molecule has 4 amide bonds. The summed E-state index contributed by atoms with van der Waals surface area (Å²) in [6.07, 6.45) is 5.15. The molecule has 1 aromatic carbocycles. The SMILES string of the molecule is Cc1c(C=C2C(=O)NC(=O)N(C)C2=O)c(=O)oc2c3c4c(cc12)CCCN4CCC3. The van der Waals surface area contributed by atoms with Gasteiger partial charge < -0.3 is 9.32 Å². The van der Waals surface area contributed by atoms with Crippen LogP contribution in [0.2, 0.25) is 0 Å². The summed E-state index contributed by atoms with van der Waals surface area (Å²) < 4.78 is 5.75. The van der Waals surface area contributed by atoms with Gasteiger partial charge in [-0.1, -0.05) is 0 Å². The van der Waals surface area contributed by atoms with Gasteiger partial charge in [0.2, 0.25) is 0 Å². The number of hydrogen-bond acceptors (Lipinski definition) is 6. The van der Waals surface area contributed by atoms with Gasteiger partial charge in [-0.05, 0) is 55.9 Å². The van der Waals surface area contributed by atoms with E-state index in [1.165, 1.54) is 24.4 Å². The maximum absolute atomic E-state index is 12.9. The number of hydrogen-bond donors (Lipinski definition) is 1. The number of anilines is 1. The molecule has 1 aromatic heterocycles. The van der Waals surface area contributed by atoms with Crippen LogP contribution in [0.4, 0.5) is 10.5 Å². The van der Waals surface area contributed by atoms with Gasteiger partial charge in [-0.15, -0.1) is 0 Å². The predicted octanol–water partition coefficient (Wildman–Crippen LogP) is 1.89. The summed E-state index contributed by atoms with van der Waals surface area (Å²) in [4.78, 5) is 52.3. The first-order valence-electron chi connectivity index (χ1n) is 10.1. The van der Waals surface area contributed by atoms with Gasteiger partial charge in [-0.2, -0.15) is 0 Å². The van der Waals surface area contributed by atoms with Crippen LogP contribution in [0.15, 0.2) is 20.9 Å². The lowest BCUT2D eigenvalue weighted by atomic mass is 9.88. The topological polar surface area (TPSA) is 99.9 Å². The second kappa shape index (κ2) is 6.55. The Bertz CT molecular complexity index is 1240. The molecule has 1 saturated heterocycles. The van der Waals surface area contributed by atoms with Crippen LogP contribution in [-0.4, -0.2) is 42.9 Å². The molecular formula is C22H21N3O5. The zero-order valence-electron chi connectivity index (χ0n) is 16.8. The minimum absolute atomic E-state index is 0.152. The van der Waals surface area contributed by atoms with Gasteiger partial charge in [0.25, 0.3) is 11.8 Å². The highest BCUT2D eigenvalue weighted by atomic mass is 16.4. The van der Waals surface area contributed by atoms with Crippen molar-refractivity contribution in [2.75, 3.05) is 25.0 Å². The van der Waals surface area contributed by atoms with Gasteiger partial charge in [0.1, 0.15) is 11.2 Å². The number of nitrogens with one attached hydrogen (secondary N) is 1. The zero-order chi connectivity index (χ0) is 21.2. The van der Waals surface area contributed by atoms with Crippen molar-refractivity contribution in [2.45, 2.75) is 32.6 Å². The van der Waals surface area contributed by atoms with E-state index in [2.05, 4.69) is 16.3 Å². The fourth-order valence-corrected chi connectivity index (χ4v) is 4.73. The molecular weight excluding hydrogens is 386 g/mol. The highest BCUT2D eigenvalue weighted by Gasteiger charge is 2.34. The largest absolute Gasteiger partial charge is 0.422 e. The Morgan fingerprint density at radius 2 is 1.83 bits per heavy atom. The molecule has 0 radical (unpaired) electrons. The molecule has 0 unspecified atom stereocenters. The third-order valence-corrected chi connectivity index (χ3v) is 6.29. The second-order valence-corrected chi connectivity index (χ2v) is 8.04. The highest BCUT2D eigenvalue weighted by molar-refractivity contribution is 6.30. The van der Waals surface area contributed by atoms with Gasteiger partial charge >= 0.3 is 11.7 Å². The van der Waals surface area contributed by atoms with E-state index >= 15 is 0 Å². The zero-order valence-corrected chi connectivity index (χ0v) is 16.8. The number of carbonyl (C=O) groups excluding carboxylic acids is 3. The summed E-state index contributed by atoms with van der Waals surface area (Å²) in [5.74, 6) is -1.57. The average molecular weight is 407 g/mol. The molecule has 154 valence electrons. The summed E-state index contributed by atoms with van der Waals surface area (Å²) >= 11 is 0. The summed E-state index contributed by atoms with van der Waals surface area (Å²) in [5.41, 5.74) is 4.07. The number of carbonyl (C=O) groups is 3. The van der Waals surface area contributed by atoms with Gasteiger partial charge in [0, 0.05) is 36.8 Å². The first-order valence-corrected chi connectivity index (χ1v) is 10.1. The smallest absolute Gasteiger partial charge is 0.343 e. The Morgan fingerprint density at radius 1 is 1.10 bits per heavy atom. The van der Waals surface area contributed by atoms with E-state index in [1.54, 1.807) is 6.92 Å². The van der Waals surface area contributed by atoms with Gasteiger partial charge in [0.15, 0.2) is 0 Å². The molecule has 2 aromatic rings. The Kier molecular flexibility index (Phi) is 4.06. The Morgan fingerprint density at radius 3 is 2.60 bits per heavy atom. The monoisotopic (exact) mass is 407 g/mol. The molecule has 0 aliphatic carbocycles. The average Bonchev–Trinajstić information content (AvgIpc) is 2.73. The van der Waals surface area contributed by atoms with E-state index in [9.17, 15) is 19.2 Å². The van der Waals surface area contributed by atoms with Crippen LogP contribution in [-0.2, 0) is 22.4 Å². The fraction of sp³-hybridized carbons (Fsp3) is 0.364. The summed E-state index contributed by atoms with van der Waals surface area (Å²) in [6, 6.07) is 1.28. The van der Waals surface area contributed by atoms with Crippen LogP contribution in [0.25, 0.3) is 17.0 Å². The summed E-state index contributed by atoms with van der Waals surface area (Å²) in [5, 5.41) is 2.92. The normalized spacial score (nSPS) is 20.1. The van der Waals surface area contributed by atoms with E-state index in [0.717, 1.165) is 54.6 Å². The van der Waals surface area contributed by atoms with Crippen molar-refractivity contribution in [3.05, 3.63) is 44.3 Å². The Labute approximate surface area is 172 Å². The number of likely N-dealkylation sites (N-methyl/N-ethyl adjacent to an activating group) is 1. The van der Waals surface area contributed by atoms with Gasteiger partial charge in [-0.25, -0.2) is 9.59 Å². The number of rotatable bonds is 1. The Hall–Kier alpha value is -3.42. The van der Waals surface area contributed by atoms with E-state index in [-0.39, 0.29) is 11.1 Å². The quantitative estimate of drug-likeness (QED) is 0.440. The van der Waals surface area contributed by atoms with Crippen molar-refractivity contribution in [3.8, 4) is 0 Å². The van der Waals surface area contributed by atoms with Crippen molar-refractivity contribution >= 4 is 40.6 Å². The first-order chi connectivity index (χ1) is 14.4. The number of imide groups is 2. The van der Waals surface area contributed by atoms with E-state index in [4.69, 9.17) is 4.42 Å². The molecule has 0 spiro atoms. The molecule has 0 atom stereocenters. The van der Waals surface area contributed by atoms with Crippen molar-refractivity contribution in [2.24, 2.45) is 0 Å². The number of urea groups is 1. The molecule has 0 bridgehead atoms. The van der Waals surface area contributed by atoms with Crippen LogP contribution in [0, 0.1) is 6.92 Å². The minimum atomic E-state index is -0.821. The van der Waals surface area contributed by atoms with Crippen LogP contribution < -0.4 is 15.8 Å². The van der Waals surface area contributed by atoms with Crippen molar-refractivity contribution in [3.63, 3.8) is 0 Å². The molecule has 0 saturated carbocycles. The maximum Gasteiger partial charge on any atom is 0.343 e. The molecule has 1 fully saturated rings. The lowest BCUT2D eigenvalue weighted by Gasteiger charge is -2.37. The van der Waals surface area contributed by atoms with Gasteiger partial charge in [-0.3, -0.25) is 19.8 Å². The second-order valence-electron chi connectivity index (χ2n) is 8.04. The molecule has 3 aliphatic heterocycles. The van der Waals surface area contributed by atoms with E-state index < -0.39 is 23.5 Å². The first kappa shape index (κ1) is 18.6. The summed E-state index contributed by atoms with van der Waals surface area (Å²) in [6.45, 7) is 3.83. The third kappa shape index (κ3) is 2.59. The van der Waals surface area contributed by atoms with E-state index in [1.807, 2.05) is 0 Å². The highest BCUT2D eigenvalue weighted by Crippen LogP contribution is 2.40. The van der Waals surface area contributed by atoms with Crippen molar-refractivity contribution < 1.29 is 18.8 Å². The number of aryl methyl sites for hydroxylation is 3. The summed E-state index contributed by atoms with van der Waals surface area (Å²) in [7, 11) is 1.27. The van der Waals surface area contributed by atoms with Crippen molar-refractivity contribution in [1.29, 1.82) is 0 Å². The minimum Gasteiger partial charge on any atom is -0.422 e. The van der Waals surface area contributed by atoms with Crippen LogP contribution >= 0.6 is 0 Å². The molecule has 8 heteroatoms. The van der Waals surface area contributed by atoms with Crippen LogP contribution in [0.1, 0.15) is 35.1 Å². The van der Waals surface area contributed by atoms with Gasteiger partial charge in [0.05, 0.1) is 5.56 Å². The maximum atomic E-state index is 12.9. The molecule has 3 aliphatic rings. The Balaban J connectivity index is 1.73. The molecule has 1 N–H and O–H groups in total. The standard InChI is InChI=1S/C22H21N3O5/c1-11-14-9-12-5-3-7-25-8-4-6-13(17(12)25)18(14)30-21(28)15(11)10-16-19(26)23-22(29)24(2)20(16)27/h9-10H,3-8H2,1-2H3,(H,23,26,29). The molecule has 4 heterocycles. The van der Waals surface area contributed by atoms with Crippen LogP contribution in [0.3, 0.4) is 0 Å². The molecule has 8 nitrogen and oxygen atoms in total. The molecule has 5 rings (SSSR count). The number of amides is 4. The number of barbiturate groups is 1.